The number of rotatable bonds is 2. The smallest absolute Gasteiger partial charge is 0.237 e. The number of nitrogens with one attached hydrogen (secondary N) is 1. The molecule has 1 aliphatic heterocycles. The van der Waals surface area contributed by atoms with Crippen LogP contribution in [-0.4, -0.2) is 29.9 Å². The summed E-state index contributed by atoms with van der Waals surface area (Å²) in [4.78, 5) is 13.6. The Kier molecular flexibility index (Phi) is 3.69. The van der Waals surface area contributed by atoms with Crippen LogP contribution in [0.3, 0.4) is 0 Å². The number of nitrogens with zero attached hydrogens (tertiary/aromatic N) is 1. The van der Waals surface area contributed by atoms with E-state index in [1.165, 1.54) is 0 Å². The van der Waals surface area contributed by atoms with E-state index < -0.39 is 0 Å². The molecule has 3 N–H and O–H groups in total. The summed E-state index contributed by atoms with van der Waals surface area (Å²) in [5.41, 5.74) is 2.22. The fraction of sp³-hybridized carbons (Fsp3) is 0.889. The maximum Gasteiger partial charge on any atom is 0.237 e. The topological polar surface area (TPSA) is 58.4 Å². The standard InChI is InChI=1S/C9H19N3O/c1-7(2)12-5-3-8(4-6-12)9(13)11-10/h7-8H,3-6,10H2,1-2H3,(H,11,13). The second-order valence-corrected chi connectivity index (χ2v) is 3.91. The van der Waals surface area contributed by atoms with Crippen molar-refractivity contribution in [2.75, 3.05) is 13.1 Å². The van der Waals surface area contributed by atoms with Gasteiger partial charge in [0.2, 0.25) is 5.91 Å². The van der Waals surface area contributed by atoms with Gasteiger partial charge in [0, 0.05) is 12.0 Å². The molecular formula is C9H19N3O. The maximum atomic E-state index is 11.2. The van der Waals surface area contributed by atoms with E-state index in [1.54, 1.807) is 0 Å². The van der Waals surface area contributed by atoms with Crippen molar-refractivity contribution >= 4 is 5.91 Å². The molecule has 1 fully saturated rings. The second kappa shape index (κ2) is 4.58. The molecule has 0 saturated carbocycles. The molecule has 13 heavy (non-hydrogen) atoms. The van der Waals surface area contributed by atoms with Gasteiger partial charge in [-0.1, -0.05) is 0 Å². The van der Waals surface area contributed by atoms with Crippen molar-refractivity contribution in [2.45, 2.75) is 32.7 Å². The number of hydrogen-bond donors (Lipinski definition) is 2. The van der Waals surface area contributed by atoms with Crippen LogP contribution >= 0.6 is 0 Å². The minimum Gasteiger partial charge on any atom is -0.301 e. The first-order valence-corrected chi connectivity index (χ1v) is 4.89. The van der Waals surface area contributed by atoms with E-state index in [0.717, 1.165) is 25.9 Å². The van der Waals surface area contributed by atoms with E-state index in [9.17, 15) is 4.79 Å². The maximum absolute atomic E-state index is 11.2. The van der Waals surface area contributed by atoms with Gasteiger partial charge < -0.3 is 4.90 Å². The quantitative estimate of drug-likeness (QED) is 0.364. The van der Waals surface area contributed by atoms with Crippen LogP contribution in [0.4, 0.5) is 0 Å². The fourth-order valence-electron chi connectivity index (χ4n) is 1.80. The number of likely N-dealkylation sites (tertiary alicyclic amines) is 1. The third-order valence-corrected chi connectivity index (χ3v) is 2.77. The van der Waals surface area contributed by atoms with Gasteiger partial charge in [0.1, 0.15) is 0 Å². The van der Waals surface area contributed by atoms with Crippen LogP contribution in [-0.2, 0) is 4.79 Å². The second-order valence-electron chi connectivity index (χ2n) is 3.91. The Morgan fingerprint density at radius 3 is 2.38 bits per heavy atom. The molecule has 0 aromatic rings. The van der Waals surface area contributed by atoms with Crippen molar-refractivity contribution in [3.05, 3.63) is 0 Å². The molecule has 0 aromatic carbocycles. The number of piperidine rings is 1. The van der Waals surface area contributed by atoms with Crippen LogP contribution in [0.25, 0.3) is 0 Å². The van der Waals surface area contributed by atoms with E-state index in [-0.39, 0.29) is 11.8 Å². The Balaban J connectivity index is 2.34. The molecular weight excluding hydrogens is 166 g/mol. The van der Waals surface area contributed by atoms with E-state index in [1.807, 2.05) is 0 Å². The fourth-order valence-corrected chi connectivity index (χ4v) is 1.80. The van der Waals surface area contributed by atoms with Crippen molar-refractivity contribution in [3.63, 3.8) is 0 Å². The third-order valence-electron chi connectivity index (χ3n) is 2.77. The van der Waals surface area contributed by atoms with E-state index in [2.05, 4.69) is 24.2 Å². The van der Waals surface area contributed by atoms with Crippen LogP contribution in [0.2, 0.25) is 0 Å². The first-order chi connectivity index (χ1) is 6.15. The Morgan fingerprint density at radius 2 is 2.00 bits per heavy atom. The summed E-state index contributed by atoms with van der Waals surface area (Å²) in [6.07, 6.45) is 1.86. The van der Waals surface area contributed by atoms with Crippen molar-refractivity contribution < 1.29 is 4.79 Å². The zero-order valence-electron chi connectivity index (χ0n) is 8.42. The molecule has 1 aliphatic rings. The average Bonchev–Trinajstić information content (AvgIpc) is 2.17. The van der Waals surface area contributed by atoms with Gasteiger partial charge in [-0.05, 0) is 39.8 Å². The number of carbonyl (C=O) groups is 1. The zero-order valence-corrected chi connectivity index (χ0v) is 8.42. The van der Waals surface area contributed by atoms with Crippen LogP contribution in [0, 0.1) is 5.92 Å². The number of carbonyl (C=O) groups excluding carboxylic acids is 1. The van der Waals surface area contributed by atoms with Gasteiger partial charge in [-0.15, -0.1) is 0 Å². The van der Waals surface area contributed by atoms with Crippen molar-refractivity contribution in [2.24, 2.45) is 11.8 Å². The average molecular weight is 185 g/mol. The van der Waals surface area contributed by atoms with Crippen LogP contribution in [0.15, 0.2) is 0 Å². The van der Waals surface area contributed by atoms with Gasteiger partial charge in [0.15, 0.2) is 0 Å². The molecule has 4 nitrogen and oxygen atoms in total. The largest absolute Gasteiger partial charge is 0.301 e. The molecule has 4 heteroatoms. The van der Waals surface area contributed by atoms with Crippen LogP contribution in [0.5, 0.6) is 0 Å². The monoisotopic (exact) mass is 185 g/mol. The molecule has 0 aromatic heterocycles. The molecule has 0 radical (unpaired) electrons. The Bertz CT molecular complexity index is 174. The first kappa shape index (κ1) is 10.5. The van der Waals surface area contributed by atoms with Gasteiger partial charge in [-0.2, -0.15) is 0 Å². The van der Waals surface area contributed by atoms with E-state index in [0.29, 0.717) is 6.04 Å². The Labute approximate surface area is 79.4 Å². The number of hydrazine groups is 1. The lowest BCUT2D eigenvalue weighted by Crippen LogP contribution is -2.44. The zero-order chi connectivity index (χ0) is 9.84. The summed E-state index contributed by atoms with van der Waals surface area (Å²) >= 11 is 0. The molecule has 1 saturated heterocycles. The molecule has 0 aliphatic carbocycles. The minimum atomic E-state index is -0.0107. The van der Waals surface area contributed by atoms with Gasteiger partial charge in [0.05, 0.1) is 0 Å². The summed E-state index contributed by atoms with van der Waals surface area (Å²) in [6.45, 7) is 6.39. The van der Waals surface area contributed by atoms with Crippen molar-refractivity contribution in [1.82, 2.24) is 10.3 Å². The van der Waals surface area contributed by atoms with Crippen LogP contribution in [0.1, 0.15) is 26.7 Å². The van der Waals surface area contributed by atoms with E-state index in [4.69, 9.17) is 5.84 Å². The van der Waals surface area contributed by atoms with Crippen molar-refractivity contribution in [3.8, 4) is 0 Å². The molecule has 0 bridgehead atoms. The highest BCUT2D eigenvalue weighted by Crippen LogP contribution is 2.18. The minimum absolute atomic E-state index is 0.0107. The van der Waals surface area contributed by atoms with Crippen molar-refractivity contribution in [1.29, 1.82) is 0 Å². The van der Waals surface area contributed by atoms with E-state index >= 15 is 0 Å². The summed E-state index contributed by atoms with van der Waals surface area (Å²) < 4.78 is 0. The third kappa shape index (κ3) is 2.67. The molecule has 1 heterocycles. The summed E-state index contributed by atoms with van der Waals surface area (Å²) in [5, 5.41) is 0. The van der Waals surface area contributed by atoms with Gasteiger partial charge >= 0.3 is 0 Å². The van der Waals surface area contributed by atoms with Gasteiger partial charge in [-0.25, -0.2) is 5.84 Å². The molecule has 76 valence electrons. The summed E-state index contributed by atoms with van der Waals surface area (Å²) in [5.74, 6) is 5.20. The number of amides is 1. The van der Waals surface area contributed by atoms with Gasteiger partial charge in [-0.3, -0.25) is 10.2 Å². The molecule has 1 rings (SSSR count). The first-order valence-electron chi connectivity index (χ1n) is 4.89. The molecule has 0 unspecified atom stereocenters. The lowest BCUT2D eigenvalue weighted by atomic mass is 9.95. The predicted octanol–water partition coefficient (Wildman–Crippen LogP) is 0.0967. The van der Waals surface area contributed by atoms with Crippen LogP contribution < -0.4 is 11.3 Å². The normalized spacial score (nSPS) is 20.6. The molecule has 0 atom stereocenters. The lowest BCUT2D eigenvalue weighted by molar-refractivity contribution is -0.126. The summed E-state index contributed by atoms with van der Waals surface area (Å²) in [6, 6.07) is 0.585. The number of nitrogens with two attached hydrogens (primary N) is 1. The molecule has 0 spiro atoms. The summed E-state index contributed by atoms with van der Waals surface area (Å²) in [7, 11) is 0. The SMILES string of the molecule is CC(C)N1CCC(C(=O)NN)CC1. The Hall–Kier alpha value is -0.610. The highest BCUT2D eigenvalue weighted by molar-refractivity contribution is 5.78. The number of hydrogen-bond acceptors (Lipinski definition) is 3. The molecule has 1 amide bonds. The van der Waals surface area contributed by atoms with Gasteiger partial charge in [0.25, 0.3) is 0 Å². The highest BCUT2D eigenvalue weighted by Gasteiger charge is 2.25. The predicted molar refractivity (Wildman–Crippen MR) is 51.8 cm³/mol. The lowest BCUT2D eigenvalue weighted by Gasteiger charge is -2.33. The highest BCUT2D eigenvalue weighted by atomic mass is 16.2. The Morgan fingerprint density at radius 1 is 1.46 bits per heavy atom.